The number of carbonyl (C=O) groups is 1. The molecule has 3 nitrogen and oxygen atoms in total. The van der Waals surface area contributed by atoms with E-state index < -0.39 is 0 Å². The lowest BCUT2D eigenvalue weighted by atomic mass is 10.1. The summed E-state index contributed by atoms with van der Waals surface area (Å²) >= 11 is 0. The minimum Gasteiger partial charge on any atom is -0.396 e. The van der Waals surface area contributed by atoms with E-state index >= 15 is 0 Å². The fourth-order valence-corrected chi connectivity index (χ4v) is 1.84. The highest BCUT2D eigenvalue weighted by atomic mass is 16.3. The lowest BCUT2D eigenvalue weighted by molar-refractivity contribution is -0.121. The quantitative estimate of drug-likeness (QED) is 0.782. The van der Waals surface area contributed by atoms with Crippen LogP contribution in [0.25, 0.3) is 0 Å². The standard InChI is InChI=1S/C14H19NO2/c16-11-14(8-9-14)10-15-13(17)7-6-12-4-2-1-3-5-12/h1-5,16H,6-11H2,(H,15,17). The van der Waals surface area contributed by atoms with Crippen molar-refractivity contribution in [2.45, 2.75) is 25.7 Å². The fourth-order valence-electron chi connectivity index (χ4n) is 1.84. The molecule has 0 aliphatic heterocycles. The highest BCUT2D eigenvalue weighted by Crippen LogP contribution is 2.44. The molecule has 0 saturated heterocycles. The Labute approximate surface area is 102 Å². The third-order valence-electron chi connectivity index (χ3n) is 3.44. The number of hydrogen-bond donors (Lipinski definition) is 2. The fraction of sp³-hybridized carbons (Fsp3) is 0.500. The molecule has 0 bridgehead atoms. The van der Waals surface area contributed by atoms with Crippen molar-refractivity contribution in [2.75, 3.05) is 13.2 Å². The van der Waals surface area contributed by atoms with Gasteiger partial charge < -0.3 is 10.4 Å². The first-order valence-corrected chi connectivity index (χ1v) is 6.16. The molecule has 0 spiro atoms. The molecule has 92 valence electrons. The molecule has 0 radical (unpaired) electrons. The molecule has 0 heterocycles. The van der Waals surface area contributed by atoms with Crippen molar-refractivity contribution in [3.8, 4) is 0 Å². The molecule has 1 aliphatic rings. The number of aliphatic hydroxyl groups excluding tert-OH is 1. The topological polar surface area (TPSA) is 49.3 Å². The van der Waals surface area contributed by atoms with Crippen molar-refractivity contribution in [2.24, 2.45) is 5.41 Å². The summed E-state index contributed by atoms with van der Waals surface area (Å²) in [4.78, 5) is 11.6. The van der Waals surface area contributed by atoms with E-state index in [-0.39, 0.29) is 17.9 Å². The van der Waals surface area contributed by atoms with Gasteiger partial charge in [-0.25, -0.2) is 0 Å². The Morgan fingerprint density at radius 2 is 2.00 bits per heavy atom. The number of nitrogens with one attached hydrogen (secondary N) is 1. The monoisotopic (exact) mass is 233 g/mol. The minimum absolute atomic E-state index is 0.00239. The Kier molecular flexibility index (Phi) is 3.79. The maximum atomic E-state index is 11.6. The molecule has 1 aromatic carbocycles. The summed E-state index contributed by atoms with van der Waals surface area (Å²) in [6, 6.07) is 10.0. The Bertz CT molecular complexity index is 371. The second kappa shape index (κ2) is 5.32. The van der Waals surface area contributed by atoms with E-state index in [0.717, 1.165) is 19.3 Å². The van der Waals surface area contributed by atoms with Crippen molar-refractivity contribution in [1.29, 1.82) is 0 Å². The Morgan fingerprint density at radius 3 is 2.59 bits per heavy atom. The number of rotatable bonds is 6. The smallest absolute Gasteiger partial charge is 0.220 e. The molecule has 1 aliphatic carbocycles. The average Bonchev–Trinajstić information content (AvgIpc) is 3.16. The molecular formula is C14H19NO2. The van der Waals surface area contributed by atoms with Crippen molar-refractivity contribution in [3.63, 3.8) is 0 Å². The van der Waals surface area contributed by atoms with Gasteiger partial charge in [0.05, 0.1) is 6.61 Å². The van der Waals surface area contributed by atoms with Gasteiger partial charge in [-0.15, -0.1) is 0 Å². The summed E-state index contributed by atoms with van der Waals surface area (Å²) in [6.07, 6.45) is 3.36. The molecule has 1 aromatic rings. The molecule has 2 rings (SSSR count). The van der Waals surface area contributed by atoms with E-state index in [1.54, 1.807) is 0 Å². The predicted molar refractivity (Wildman–Crippen MR) is 66.5 cm³/mol. The van der Waals surface area contributed by atoms with Crippen molar-refractivity contribution < 1.29 is 9.90 Å². The first kappa shape index (κ1) is 12.1. The van der Waals surface area contributed by atoms with Gasteiger partial charge in [0, 0.05) is 18.4 Å². The van der Waals surface area contributed by atoms with E-state index in [0.29, 0.717) is 13.0 Å². The third kappa shape index (κ3) is 3.56. The maximum Gasteiger partial charge on any atom is 0.220 e. The van der Waals surface area contributed by atoms with Gasteiger partial charge in [0.2, 0.25) is 5.91 Å². The Balaban J connectivity index is 1.68. The lowest BCUT2D eigenvalue weighted by Gasteiger charge is -2.12. The zero-order valence-electron chi connectivity index (χ0n) is 9.98. The van der Waals surface area contributed by atoms with Crippen LogP contribution in [-0.2, 0) is 11.2 Å². The van der Waals surface area contributed by atoms with Gasteiger partial charge >= 0.3 is 0 Å². The summed E-state index contributed by atoms with van der Waals surface area (Å²) in [7, 11) is 0. The van der Waals surface area contributed by atoms with E-state index in [2.05, 4.69) is 5.32 Å². The van der Waals surface area contributed by atoms with Crippen LogP contribution in [0.2, 0.25) is 0 Å². The summed E-state index contributed by atoms with van der Waals surface area (Å²) in [5.74, 6) is 0.0774. The molecule has 1 saturated carbocycles. The maximum absolute atomic E-state index is 11.6. The summed E-state index contributed by atoms with van der Waals surface area (Å²) < 4.78 is 0. The van der Waals surface area contributed by atoms with Gasteiger partial charge in [-0.05, 0) is 24.8 Å². The zero-order valence-corrected chi connectivity index (χ0v) is 9.98. The number of carbonyl (C=O) groups excluding carboxylic acids is 1. The minimum atomic E-state index is 0.00239. The SMILES string of the molecule is O=C(CCc1ccccc1)NCC1(CO)CC1. The molecular weight excluding hydrogens is 214 g/mol. The van der Waals surface area contributed by atoms with Gasteiger partial charge in [0.1, 0.15) is 0 Å². The second-order valence-electron chi connectivity index (χ2n) is 4.92. The van der Waals surface area contributed by atoms with E-state index in [1.807, 2.05) is 30.3 Å². The number of aliphatic hydroxyl groups is 1. The van der Waals surface area contributed by atoms with Crippen LogP contribution in [0.1, 0.15) is 24.8 Å². The normalized spacial score (nSPS) is 16.5. The van der Waals surface area contributed by atoms with Crippen LogP contribution in [0, 0.1) is 5.41 Å². The lowest BCUT2D eigenvalue weighted by Crippen LogP contribution is -2.31. The van der Waals surface area contributed by atoms with Crippen LogP contribution in [0.5, 0.6) is 0 Å². The third-order valence-corrected chi connectivity index (χ3v) is 3.44. The average molecular weight is 233 g/mol. The zero-order chi connectivity index (χ0) is 12.1. The molecule has 0 aromatic heterocycles. The first-order chi connectivity index (χ1) is 8.24. The second-order valence-corrected chi connectivity index (χ2v) is 4.92. The molecule has 1 amide bonds. The predicted octanol–water partition coefficient (Wildman–Crippen LogP) is 1.51. The number of hydrogen-bond acceptors (Lipinski definition) is 2. The Morgan fingerprint density at radius 1 is 1.29 bits per heavy atom. The molecule has 0 unspecified atom stereocenters. The molecule has 1 fully saturated rings. The molecule has 17 heavy (non-hydrogen) atoms. The largest absolute Gasteiger partial charge is 0.396 e. The van der Waals surface area contributed by atoms with Gasteiger partial charge in [0.15, 0.2) is 0 Å². The van der Waals surface area contributed by atoms with E-state index in [1.165, 1.54) is 5.56 Å². The number of amides is 1. The Hall–Kier alpha value is -1.35. The molecule has 3 heteroatoms. The van der Waals surface area contributed by atoms with Crippen molar-refractivity contribution in [3.05, 3.63) is 35.9 Å². The summed E-state index contributed by atoms with van der Waals surface area (Å²) in [5, 5.41) is 12.0. The van der Waals surface area contributed by atoms with Crippen molar-refractivity contribution >= 4 is 5.91 Å². The highest BCUT2D eigenvalue weighted by Gasteiger charge is 2.41. The summed E-state index contributed by atoms with van der Waals surface area (Å²) in [6.45, 7) is 0.809. The van der Waals surface area contributed by atoms with Gasteiger partial charge in [-0.2, -0.15) is 0 Å². The number of benzene rings is 1. The van der Waals surface area contributed by atoms with Crippen LogP contribution >= 0.6 is 0 Å². The van der Waals surface area contributed by atoms with Crippen LogP contribution in [0.15, 0.2) is 30.3 Å². The van der Waals surface area contributed by atoms with Crippen LogP contribution in [-0.4, -0.2) is 24.2 Å². The number of aryl methyl sites for hydroxylation is 1. The van der Waals surface area contributed by atoms with E-state index in [9.17, 15) is 4.79 Å². The van der Waals surface area contributed by atoms with Crippen LogP contribution in [0.3, 0.4) is 0 Å². The molecule has 2 N–H and O–H groups in total. The highest BCUT2D eigenvalue weighted by molar-refractivity contribution is 5.76. The van der Waals surface area contributed by atoms with Gasteiger partial charge in [-0.1, -0.05) is 30.3 Å². The van der Waals surface area contributed by atoms with Crippen LogP contribution in [0.4, 0.5) is 0 Å². The summed E-state index contributed by atoms with van der Waals surface area (Å²) in [5.41, 5.74) is 1.19. The van der Waals surface area contributed by atoms with E-state index in [4.69, 9.17) is 5.11 Å². The van der Waals surface area contributed by atoms with Crippen molar-refractivity contribution in [1.82, 2.24) is 5.32 Å². The van der Waals surface area contributed by atoms with Gasteiger partial charge in [0.25, 0.3) is 0 Å². The molecule has 0 atom stereocenters. The van der Waals surface area contributed by atoms with Crippen LogP contribution < -0.4 is 5.32 Å². The van der Waals surface area contributed by atoms with Gasteiger partial charge in [-0.3, -0.25) is 4.79 Å². The first-order valence-electron chi connectivity index (χ1n) is 6.16.